The zero-order valence-corrected chi connectivity index (χ0v) is 9.72. The van der Waals surface area contributed by atoms with Crippen molar-refractivity contribution in [2.45, 2.75) is 6.92 Å². The van der Waals surface area contributed by atoms with Crippen LogP contribution >= 0.6 is 0 Å². The van der Waals surface area contributed by atoms with Crippen LogP contribution in [-0.2, 0) is 0 Å². The molecule has 6 nitrogen and oxygen atoms in total. The van der Waals surface area contributed by atoms with Crippen LogP contribution in [0.25, 0.3) is 11.3 Å². The Hall–Kier alpha value is -2.64. The molecule has 8 heteroatoms. The number of hydrogen-bond acceptors (Lipinski definition) is 5. The van der Waals surface area contributed by atoms with Crippen LogP contribution in [0.1, 0.15) is 5.56 Å². The highest BCUT2D eigenvalue weighted by Crippen LogP contribution is 2.35. The molecule has 1 aromatic carbocycles. The molecule has 0 radical (unpaired) electrons. The second-order valence-corrected chi connectivity index (χ2v) is 3.77. The van der Waals surface area contributed by atoms with Crippen molar-refractivity contribution in [2.75, 3.05) is 5.73 Å². The molecule has 0 atom stereocenters. The summed E-state index contributed by atoms with van der Waals surface area (Å²) in [5.41, 5.74) is 3.73. The van der Waals surface area contributed by atoms with Gasteiger partial charge in [0.05, 0.1) is 10.5 Å². The average molecular weight is 266 g/mol. The monoisotopic (exact) mass is 266 g/mol. The predicted molar refractivity (Wildman–Crippen MR) is 63.2 cm³/mol. The molecule has 0 bridgehead atoms. The van der Waals surface area contributed by atoms with E-state index in [1.807, 2.05) is 0 Å². The molecular weight excluding hydrogens is 258 g/mol. The molecule has 0 aliphatic rings. The van der Waals surface area contributed by atoms with Crippen LogP contribution in [-0.4, -0.2) is 14.9 Å². The highest BCUT2D eigenvalue weighted by atomic mass is 19.1. The van der Waals surface area contributed by atoms with Gasteiger partial charge in [0.25, 0.3) is 0 Å². The molecule has 1 aromatic heterocycles. The van der Waals surface area contributed by atoms with Gasteiger partial charge in [0.1, 0.15) is 18.0 Å². The zero-order valence-electron chi connectivity index (χ0n) is 9.72. The molecular formula is C11H8F2N4O2. The SMILES string of the molecule is Cc1ccc(F)c(-c2ncnc(N)c2[N+](=O)[O-])c1F. The number of aryl methyl sites for hydroxylation is 1. The highest BCUT2D eigenvalue weighted by Gasteiger charge is 2.27. The Labute approximate surface area is 106 Å². The number of halogens is 2. The van der Waals surface area contributed by atoms with E-state index in [1.54, 1.807) is 0 Å². The van der Waals surface area contributed by atoms with Crippen LogP contribution in [0, 0.1) is 28.7 Å². The molecule has 2 rings (SSSR count). The fraction of sp³-hybridized carbons (Fsp3) is 0.0909. The number of aromatic nitrogens is 2. The summed E-state index contributed by atoms with van der Waals surface area (Å²) in [7, 11) is 0. The number of hydrogen-bond donors (Lipinski definition) is 1. The Morgan fingerprint density at radius 2 is 2.00 bits per heavy atom. The van der Waals surface area contributed by atoms with E-state index in [0.717, 1.165) is 12.4 Å². The third-order valence-electron chi connectivity index (χ3n) is 2.55. The first-order valence-electron chi connectivity index (χ1n) is 5.13. The summed E-state index contributed by atoms with van der Waals surface area (Å²) in [5.74, 6) is -2.32. The molecule has 2 aromatic rings. The van der Waals surface area contributed by atoms with Crippen molar-refractivity contribution in [3.8, 4) is 11.3 Å². The number of nitrogen functional groups attached to an aromatic ring is 1. The maximum Gasteiger partial charge on any atom is 0.337 e. The minimum absolute atomic E-state index is 0.142. The maximum atomic E-state index is 14.0. The van der Waals surface area contributed by atoms with E-state index in [1.165, 1.54) is 13.0 Å². The smallest absolute Gasteiger partial charge is 0.337 e. The minimum atomic E-state index is -0.954. The lowest BCUT2D eigenvalue weighted by molar-refractivity contribution is -0.383. The van der Waals surface area contributed by atoms with Crippen LogP contribution in [0.5, 0.6) is 0 Å². The normalized spacial score (nSPS) is 10.5. The van der Waals surface area contributed by atoms with Crippen molar-refractivity contribution in [3.63, 3.8) is 0 Å². The Kier molecular flexibility index (Phi) is 3.07. The Bertz CT molecular complexity index is 676. The van der Waals surface area contributed by atoms with Gasteiger partial charge in [0.15, 0.2) is 5.69 Å². The first kappa shape index (κ1) is 12.8. The molecule has 0 spiro atoms. The van der Waals surface area contributed by atoms with Crippen LogP contribution in [0.2, 0.25) is 0 Å². The van der Waals surface area contributed by atoms with Gasteiger partial charge in [-0.3, -0.25) is 10.1 Å². The fourth-order valence-electron chi connectivity index (χ4n) is 1.63. The van der Waals surface area contributed by atoms with Gasteiger partial charge >= 0.3 is 5.69 Å². The zero-order chi connectivity index (χ0) is 14.2. The van der Waals surface area contributed by atoms with E-state index in [2.05, 4.69) is 9.97 Å². The number of nitrogens with two attached hydrogens (primary N) is 1. The van der Waals surface area contributed by atoms with E-state index < -0.39 is 39.3 Å². The van der Waals surface area contributed by atoms with Crippen molar-refractivity contribution in [1.29, 1.82) is 0 Å². The lowest BCUT2D eigenvalue weighted by Gasteiger charge is -2.07. The van der Waals surface area contributed by atoms with Crippen molar-refractivity contribution < 1.29 is 13.7 Å². The fourth-order valence-corrected chi connectivity index (χ4v) is 1.63. The number of anilines is 1. The number of nitro groups is 1. The van der Waals surface area contributed by atoms with Crippen molar-refractivity contribution in [1.82, 2.24) is 9.97 Å². The summed E-state index contributed by atoms with van der Waals surface area (Å²) >= 11 is 0. The van der Waals surface area contributed by atoms with Gasteiger partial charge in [-0.15, -0.1) is 0 Å². The number of nitrogens with zero attached hydrogens (tertiary/aromatic N) is 3. The summed E-state index contributed by atoms with van der Waals surface area (Å²) in [6.45, 7) is 1.41. The summed E-state index contributed by atoms with van der Waals surface area (Å²) in [6.07, 6.45) is 0.916. The standard InChI is InChI=1S/C11H8F2N4O2/c1-5-2-3-6(12)7(8(5)13)9-10(17(18)19)11(14)16-4-15-9/h2-4H,1H3,(H2,14,15,16). The molecule has 2 N–H and O–H groups in total. The predicted octanol–water partition coefficient (Wildman–Crippen LogP) is 2.22. The summed E-state index contributed by atoms with van der Waals surface area (Å²) < 4.78 is 27.7. The minimum Gasteiger partial charge on any atom is -0.378 e. The second kappa shape index (κ2) is 4.56. The molecule has 0 aliphatic heterocycles. The van der Waals surface area contributed by atoms with Crippen LogP contribution in [0.15, 0.2) is 18.5 Å². The quantitative estimate of drug-likeness (QED) is 0.664. The largest absolute Gasteiger partial charge is 0.378 e. The Morgan fingerprint density at radius 3 is 2.63 bits per heavy atom. The number of rotatable bonds is 2. The molecule has 0 unspecified atom stereocenters. The van der Waals surface area contributed by atoms with Crippen LogP contribution < -0.4 is 5.73 Å². The van der Waals surface area contributed by atoms with Crippen molar-refractivity contribution in [3.05, 3.63) is 45.8 Å². The molecule has 19 heavy (non-hydrogen) atoms. The van der Waals surface area contributed by atoms with Gasteiger partial charge in [-0.25, -0.2) is 18.7 Å². The van der Waals surface area contributed by atoms with Crippen LogP contribution in [0.4, 0.5) is 20.3 Å². The summed E-state index contributed by atoms with van der Waals surface area (Å²) in [5, 5.41) is 10.9. The molecule has 0 aliphatic carbocycles. The topological polar surface area (TPSA) is 94.9 Å². The van der Waals surface area contributed by atoms with Crippen molar-refractivity contribution in [2.24, 2.45) is 0 Å². The third-order valence-corrected chi connectivity index (χ3v) is 2.55. The van der Waals surface area contributed by atoms with E-state index in [9.17, 15) is 18.9 Å². The van der Waals surface area contributed by atoms with Gasteiger partial charge in [0.2, 0.25) is 5.82 Å². The van der Waals surface area contributed by atoms with Gasteiger partial charge in [-0.05, 0) is 18.6 Å². The van der Waals surface area contributed by atoms with E-state index in [0.29, 0.717) is 0 Å². The molecule has 98 valence electrons. The molecule has 0 saturated carbocycles. The van der Waals surface area contributed by atoms with Crippen LogP contribution in [0.3, 0.4) is 0 Å². The van der Waals surface area contributed by atoms with Gasteiger partial charge in [0, 0.05) is 0 Å². The maximum absolute atomic E-state index is 14.0. The Morgan fingerprint density at radius 1 is 1.32 bits per heavy atom. The van der Waals surface area contributed by atoms with E-state index in [4.69, 9.17) is 5.73 Å². The first-order valence-corrected chi connectivity index (χ1v) is 5.13. The third kappa shape index (κ3) is 2.07. The Balaban J connectivity index is 2.84. The average Bonchev–Trinajstić information content (AvgIpc) is 2.34. The molecule has 0 fully saturated rings. The summed E-state index contributed by atoms with van der Waals surface area (Å²) in [4.78, 5) is 17.1. The van der Waals surface area contributed by atoms with Gasteiger partial charge in [-0.2, -0.15) is 0 Å². The highest BCUT2D eigenvalue weighted by molar-refractivity contribution is 5.76. The van der Waals surface area contributed by atoms with Gasteiger partial charge in [-0.1, -0.05) is 6.07 Å². The van der Waals surface area contributed by atoms with Crippen molar-refractivity contribution >= 4 is 11.5 Å². The second-order valence-electron chi connectivity index (χ2n) is 3.77. The number of benzene rings is 1. The van der Waals surface area contributed by atoms with E-state index >= 15 is 0 Å². The van der Waals surface area contributed by atoms with E-state index in [-0.39, 0.29) is 5.56 Å². The first-order chi connectivity index (χ1) is 8.93. The summed E-state index contributed by atoms with van der Waals surface area (Å²) in [6, 6.07) is 2.24. The molecule has 0 amide bonds. The van der Waals surface area contributed by atoms with Gasteiger partial charge < -0.3 is 5.73 Å². The molecule has 0 saturated heterocycles. The molecule has 1 heterocycles. The lowest BCUT2D eigenvalue weighted by Crippen LogP contribution is -2.05. The lowest BCUT2D eigenvalue weighted by atomic mass is 10.1.